The van der Waals surface area contributed by atoms with Gasteiger partial charge in [0.25, 0.3) is 0 Å². The molecular formula is C15H14BN3O4S. The summed E-state index contributed by atoms with van der Waals surface area (Å²) < 4.78 is 1.39. The van der Waals surface area contributed by atoms with E-state index in [1.165, 1.54) is 28.2 Å². The van der Waals surface area contributed by atoms with Crippen molar-refractivity contribution in [2.75, 3.05) is 0 Å². The molecule has 1 atom stereocenters. The first-order valence-corrected chi connectivity index (χ1v) is 8.11. The molecule has 1 unspecified atom stereocenters. The van der Waals surface area contributed by atoms with Gasteiger partial charge in [-0.05, 0) is 35.6 Å². The molecule has 2 heterocycles. The van der Waals surface area contributed by atoms with Crippen molar-refractivity contribution in [3.05, 3.63) is 58.4 Å². The lowest BCUT2D eigenvalue weighted by Crippen LogP contribution is -2.31. The SMILES string of the molecule is O=C(O)c1cccc(CC(B(O)O)n2cc(-c3ccsc3)nn2)c1. The van der Waals surface area contributed by atoms with Gasteiger partial charge in [-0.25, -0.2) is 4.79 Å². The molecule has 0 radical (unpaired) electrons. The Morgan fingerprint density at radius 1 is 1.33 bits per heavy atom. The van der Waals surface area contributed by atoms with E-state index in [0.29, 0.717) is 11.3 Å². The van der Waals surface area contributed by atoms with Crippen molar-refractivity contribution in [1.29, 1.82) is 0 Å². The molecule has 24 heavy (non-hydrogen) atoms. The maximum absolute atomic E-state index is 11.1. The molecule has 3 aromatic rings. The van der Waals surface area contributed by atoms with Crippen LogP contribution < -0.4 is 0 Å². The van der Waals surface area contributed by atoms with Crippen molar-refractivity contribution < 1.29 is 19.9 Å². The number of carboxylic acids is 1. The Morgan fingerprint density at radius 3 is 2.83 bits per heavy atom. The molecule has 0 saturated carbocycles. The van der Waals surface area contributed by atoms with Crippen molar-refractivity contribution in [3.8, 4) is 11.3 Å². The highest BCUT2D eigenvalue weighted by Gasteiger charge is 2.27. The Balaban J connectivity index is 1.85. The molecule has 0 aliphatic carbocycles. The number of nitrogens with zero attached hydrogens (tertiary/aromatic N) is 3. The number of carbonyl (C=O) groups is 1. The van der Waals surface area contributed by atoms with Crippen LogP contribution in [0.25, 0.3) is 11.3 Å². The first-order chi connectivity index (χ1) is 11.5. The van der Waals surface area contributed by atoms with Gasteiger partial charge in [-0.1, -0.05) is 17.3 Å². The van der Waals surface area contributed by atoms with Gasteiger partial charge in [-0.15, -0.1) is 5.10 Å². The fraction of sp³-hybridized carbons (Fsp3) is 0.133. The molecule has 0 fully saturated rings. The highest BCUT2D eigenvalue weighted by molar-refractivity contribution is 7.08. The van der Waals surface area contributed by atoms with E-state index < -0.39 is 19.0 Å². The molecule has 7 nitrogen and oxygen atoms in total. The van der Waals surface area contributed by atoms with Crippen molar-refractivity contribution in [1.82, 2.24) is 15.0 Å². The summed E-state index contributed by atoms with van der Waals surface area (Å²) in [4.78, 5) is 11.1. The largest absolute Gasteiger partial charge is 0.478 e. The average molecular weight is 343 g/mol. The minimum absolute atomic E-state index is 0.149. The van der Waals surface area contributed by atoms with E-state index in [0.717, 1.165) is 5.56 Å². The highest BCUT2D eigenvalue weighted by Crippen LogP contribution is 2.22. The van der Waals surface area contributed by atoms with Crippen LogP contribution in [0, 0.1) is 0 Å². The molecule has 0 aliphatic heterocycles. The second-order valence-corrected chi connectivity index (χ2v) is 6.07. The van der Waals surface area contributed by atoms with Crippen molar-refractivity contribution in [2.45, 2.75) is 12.4 Å². The second kappa shape index (κ2) is 6.96. The fourth-order valence-corrected chi connectivity index (χ4v) is 3.04. The van der Waals surface area contributed by atoms with Crippen LogP contribution >= 0.6 is 11.3 Å². The molecule has 3 rings (SSSR count). The Morgan fingerprint density at radius 2 is 2.17 bits per heavy atom. The lowest BCUT2D eigenvalue weighted by atomic mass is 9.76. The predicted molar refractivity (Wildman–Crippen MR) is 89.7 cm³/mol. The predicted octanol–water partition coefficient (Wildman–Crippen LogP) is 1.50. The first-order valence-electron chi connectivity index (χ1n) is 7.17. The average Bonchev–Trinajstić information content (AvgIpc) is 3.23. The Kier molecular flexibility index (Phi) is 4.75. The van der Waals surface area contributed by atoms with Crippen LogP contribution in [0.3, 0.4) is 0 Å². The minimum atomic E-state index is -1.66. The molecule has 0 aliphatic rings. The standard InChI is InChI=1S/C15H14BN3O4S/c20-15(21)11-3-1-2-10(6-11)7-14(16(22)23)19-8-13(17-18-19)12-4-5-24-9-12/h1-6,8-9,14,22-23H,7H2,(H,20,21). The van der Waals surface area contributed by atoms with Gasteiger partial charge in [-0.3, -0.25) is 4.68 Å². The monoisotopic (exact) mass is 343 g/mol. The van der Waals surface area contributed by atoms with E-state index in [1.807, 2.05) is 16.8 Å². The van der Waals surface area contributed by atoms with Crippen molar-refractivity contribution in [2.24, 2.45) is 0 Å². The zero-order valence-electron chi connectivity index (χ0n) is 12.5. The van der Waals surface area contributed by atoms with Gasteiger partial charge >= 0.3 is 13.1 Å². The van der Waals surface area contributed by atoms with Crippen LogP contribution in [0.1, 0.15) is 21.9 Å². The van der Waals surface area contributed by atoms with Crippen molar-refractivity contribution in [3.63, 3.8) is 0 Å². The Bertz CT molecular complexity index is 835. The third kappa shape index (κ3) is 3.53. The smallest absolute Gasteiger partial charge is 0.478 e. The van der Waals surface area contributed by atoms with E-state index in [9.17, 15) is 14.8 Å². The lowest BCUT2D eigenvalue weighted by molar-refractivity contribution is 0.0696. The van der Waals surface area contributed by atoms with Gasteiger partial charge < -0.3 is 15.2 Å². The number of rotatable bonds is 6. The van der Waals surface area contributed by atoms with E-state index in [1.54, 1.807) is 18.3 Å². The number of thiophene rings is 1. The van der Waals surface area contributed by atoms with Gasteiger partial charge in [0.05, 0.1) is 17.7 Å². The fourth-order valence-electron chi connectivity index (χ4n) is 2.39. The van der Waals surface area contributed by atoms with Crippen molar-refractivity contribution >= 4 is 24.4 Å². The summed E-state index contributed by atoms with van der Waals surface area (Å²) in [5.41, 5.74) is 2.36. The molecule has 2 aromatic heterocycles. The second-order valence-electron chi connectivity index (χ2n) is 5.29. The number of aromatic carboxylic acids is 1. The quantitative estimate of drug-likeness (QED) is 0.586. The third-order valence-electron chi connectivity index (χ3n) is 3.63. The summed E-state index contributed by atoms with van der Waals surface area (Å²) in [5, 5.41) is 40.3. The van der Waals surface area contributed by atoms with E-state index in [2.05, 4.69) is 10.3 Å². The van der Waals surface area contributed by atoms with Gasteiger partial charge in [0.2, 0.25) is 0 Å². The van der Waals surface area contributed by atoms with Gasteiger partial charge in [0.15, 0.2) is 0 Å². The molecule has 1 aromatic carbocycles. The third-order valence-corrected chi connectivity index (χ3v) is 4.31. The summed E-state index contributed by atoms with van der Waals surface area (Å²) >= 11 is 1.53. The van der Waals surface area contributed by atoms with Crippen LogP contribution in [-0.2, 0) is 6.42 Å². The normalized spacial score (nSPS) is 12.1. The summed E-state index contributed by atoms with van der Waals surface area (Å²) in [6.45, 7) is 0. The lowest BCUT2D eigenvalue weighted by Gasteiger charge is -2.16. The Hall–Kier alpha value is -2.49. The maximum atomic E-state index is 11.1. The molecular weight excluding hydrogens is 329 g/mol. The zero-order chi connectivity index (χ0) is 17.1. The van der Waals surface area contributed by atoms with Crippen LogP contribution in [0.15, 0.2) is 47.3 Å². The first kappa shape index (κ1) is 16.4. The van der Waals surface area contributed by atoms with Crippen LogP contribution in [0.5, 0.6) is 0 Å². The number of hydrogen-bond donors (Lipinski definition) is 3. The van der Waals surface area contributed by atoms with Gasteiger partial charge in [0, 0.05) is 10.9 Å². The summed E-state index contributed by atoms with van der Waals surface area (Å²) in [7, 11) is -1.66. The van der Waals surface area contributed by atoms with E-state index in [4.69, 9.17) is 5.11 Å². The number of hydrogen-bond acceptors (Lipinski definition) is 6. The molecule has 9 heteroatoms. The number of aromatic nitrogens is 3. The van der Waals surface area contributed by atoms with Gasteiger partial charge in [0.1, 0.15) is 5.69 Å². The highest BCUT2D eigenvalue weighted by atomic mass is 32.1. The number of carboxylic acid groups (broad SMARTS) is 1. The maximum Gasteiger partial charge on any atom is 0.478 e. The molecule has 0 spiro atoms. The molecule has 3 N–H and O–H groups in total. The van der Waals surface area contributed by atoms with Crippen LogP contribution in [0.4, 0.5) is 0 Å². The summed E-state index contributed by atoms with van der Waals surface area (Å²) in [6, 6.07) is 8.25. The van der Waals surface area contributed by atoms with Crippen LogP contribution in [0.2, 0.25) is 0 Å². The molecule has 122 valence electrons. The molecule has 0 bridgehead atoms. The van der Waals surface area contributed by atoms with E-state index >= 15 is 0 Å². The van der Waals surface area contributed by atoms with Gasteiger partial charge in [-0.2, -0.15) is 11.3 Å². The summed E-state index contributed by atoms with van der Waals surface area (Å²) in [6.07, 6.45) is 1.86. The Labute approximate surface area is 142 Å². The number of benzene rings is 1. The molecule has 0 amide bonds. The van der Waals surface area contributed by atoms with E-state index in [-0.39, 0.29) is 12.0 Å². The summed E-state index contributed by atoms with van der Waals surface area (Å²) in [5.74, 6) is -1.80. The zero-order valence-corrected chi connectivity index (χ0v) is 13.3. The minimum Gasteiger partial charge on any atom is -0.478 e. The molecule has 0 saturated heterocycles. The topological polar surface area (TPSA) is 108 Å². The van der Waals surface area contributed by atoms with Crippen LogP contribution in [-0.4, -0.2) is 43.2 Å².